The van der Waals surface area contributed by atoms with E-state index in [-0.39, 0.29) is 18.6 Å². The lowest BCUT2D eigenvalue weighted by Gasteiger charge is -2.32. The normalized spacial score (nSPS) is 17.1. The van der Waals surface area contributed by atoms with Gasteiger partial charge in [-0.3, -0.25) is 4.79 Å². The first-order valence-electron chi connectivity index (χ1n) is 12.6. The second-order valence-electron chi connectivity index (χ2n) is 9.73. The maximum Gasteiger partial charge on any atom is 0.331 e. The van der Waals surface area contributed by atoms with E-state index >= 15 is 0 Å². The van der Waals surface area contributed by atoms with Gasteiger partial charge in [0.2, 0.25) is 0 Å². The Labute approximate surface area is 238 Å². The van der Waals surface area contributed by atoms with Crippen molar-refractivity contribution >= 4 is 29.3 Å². The van der Waals surface area contributed by atoms with Gasteiger partial charge in [0, 0.05) is 23.1 Å². The van der Waals surface area contributed by atoms with Crippen molar-refractivity contribution in [3.63, 3.8) is 0 Å². The van der Waals surface area contributed by atoms with Crippen LogP contribution in [-0.2, 0) is 26.4 Å². The number of carbonyl (C=O) groups is 2. The molecule has 0 spiro atoms. The number of carboxylic acids is 2. The van der Waals surface area contributed by atoms with Gasteiger partial charge in [0.15, 0.2) is 0 Å². The van der Waals surface area contributed by atoms with Crippen molar-refractivity contribution in [2.45, 2.75) is 39.2 Å². The Balaban J connectivity index is 1.67. The number of hydrogen-bond donors (Lipinski definition) is 2. The van der Waals surface area contributed by atoms with E-state index in [0.29, 0.717) is 33.2 Å². The number of rotatable bonds is 9. The Morgan fingerprint density at radius 1 is 1.00 bits per heavy atom. The monoisotopic (exact) mass is 559 g/mol. The Bertz CT molecular complexity index is 1570. The Kier molecular flexibility index (Phi) is 8.45. The van der Waals surface area contributed by atoms with Crippen LogP contribution in [-0.4, -0.2) is 35.0 Å². The smallest absolute Gasteiger partial charge is 0.331 e. The molecular weight excluding hydrogens is 530 g/mol. The molecule has 40 heavy (non-hydrogen) atoms. The summed E-state index contributed by atoms with van der Waals surface area (Å²) in [6.45, 7) is 5.56. The molecule has 8 heteroatoms. The van der Waals surface area contributed by atoms with Crippen LogP contribution in [0, 0.1) is 13.8 Å². The summed E-state index contributed by atoms with van der Waals surface area (Å²) in [6, 6.07) is 18.4. The Morgan fingerprint density at radius 2 is 1.75 bits per heavy atom. The van der Waals surface area contributed by atoms with Crippen molar-refractivity contribution in [1.82, 2.24) is 0 Å². The van der Waals surface area contributed by atoms with E-state index in [9.17, 15) is 19.8 Å². The molecule has 0 saturated carbocycles. The van der Waals surface area contributed by atoms with E-state index < -0.39 is 17.4 Å². The zero-order valence-electron chi connectivity index (χ0n) is 22.7. The fraction of sp³-hybridized carbons (Fsp3) is 0.219. The molecule has 0 bridgehead atoms. The van der Waals surface area contributed by atoms with Crippen LogP contribution < -0.4 is 4.74 Å². The van der Waals surface area contributed by atoms with Crippen LogP contribution in [0.3, 0.4) is 0 Å². The van der Waals surface area contributed by atoms with E-state index in [4.69, 9.17) is 21.2 Å². The third-order valence-corrected chi connectivity index (χ3v) is 7.54. The average Bonchev–Trinajstić information content (AvgIpc) is 2.92. The first-order chi connectivity index (χ1) is 19.1. The van der Waals surface area contributed by atoms with Crippen LogP contribution in [0.4, 0.5) is 0 Å². The fourth-order valence-electron chi connectivity index (χ4n) is 4.96. The topological polar surface area (TPSA) is 105 Å². The summed E-state index contributed by atoms with van der Waals surface area (Å²) in [5.74, 6) is -1.63. The third kappa shape index (κ3) is 5.51. The zero-order chi connectivity index (χ0) is 29.0. The molecule has 4 rings (SSSR count). The number of allylic oxidation sites excluding steroid dienone is 2. The van der Waals surface area contributed by atoms with Crippen LogP contribution in [0.2, 0.25) is 5.02 Å². The van der Waals surface area contributed by atoms with Gasteiger partial charge < -0.3 is 19.8 Å². The van der Waals surface area contributed by atoms with E-state index in [0.717, 1.165) is 22.3 Å². The zero-order valence-corrected chi connectivity index (χ0v) is 23.5. The molecule has 206 valence electrons. The standard InChI is InChI=1S/C32H30ClNO6/c1-19-8-7-10-26(32(31(37)38)15-14-20(2)24(17-32)30(35)36)25(19)18-40-28-13-12-22(16-21(28)3)29(34-39-4)23-9-5-6-11-27(23)33/h5-16H,17-18H2,1-4H3,(H,35,36)(H,37,38). The molecule has 1 aliphatic carbocycles. The number of benzene rings is 3. The maximum absolute atomic E-state index is 12.7. The van der Waals surface area contributed by atoms with Crippen LogP contribution in [0.1, 0.15) is 46.7 Å². The molecule has 1 aliphatic rings. The average molecular weight is 560 g/mol. The molecule has 0 fully saturated rings. The first-order valence-corrected chi connectivity index (χ1v) is 13.0. The molecule has 7 nitrogen and oxygen atoms in total. The van der Waals surface area contributed by atoms with Crippen LogP contribution in [0.5, 0.6) is 5.75 Å². The summed E-state index contributed by atoms with van der Waals surface area (Å²) in [5.41, 5.74) is 4.06. The lowest BCUT2D eigenvalue weighted by Crippen LogP contribution is -2.38. The van der Waals surface area contributed by atoms with Crippen molar-refractivity contribution in [2.75, 3.05) is 7.11 Å². The number of aryl methyl sites for hydroxylation is 2. The van der Waals surface area contributed by atoms with Crippen LogP contribution in [0.25, 0.3) is 0 Å². The van der Waals surface area contributed by atoms with Crippen molar-refractivity contribution in [3.8, 4) is 5.75 Å². The number of hydrogen-bond acceptors (Lipinski definition) is 5. The van der Waals surface area contributed by atoms with Gasteiger partial charge >= 0.3 is 11.9 Å². The van der Waals surface area contributed by atoms with Crippen molar-refractivity contribution in [2.24, 2.45) is 5.16 Å². The van der Waals surface area contributed by atoms with Gasteiger partial charge in [-0.05, 0) is 72.9 Å². The largest absolute Gasteiger partial charge is 0.489 e. The number of nitrogens with zero attached hydrogens (tertiary/aromatic N) is 1. The Morgan fingerprint density at radius 3 is 2.40 bits per heavy atom. The minimum atomic E-state index is -1.53. The lowest BCUT2D eigenvalue weighted by molar-refractivity contribution is -0.142. The van der Waals surface area contributed by atoms with Gasteiger partial charge in [-0.25, -0.2) is 4.79 Å². The predicted molar refractivity (Wildman–Crippen MR) is 154 cm³/mol. The molecule has 1 atom stereocenters. The summed E-state index contributed by atoms with van der Waals surface area (Å²) >= 11 is 6.41. The number of ether oxygens (including phenoxy) is 1. The molecule has 3 aromatic carbocycles. The van der Waals surface area contributed by atoms with Gasteiger partial charge in [0.25, 0.3) is 0 Å². The maximum atomic E-state index is 12.7. The van der Waals surface area contributed by atoms with Crippen molar-refractivity contribution < 1.29 is 29.4 Å². The fourth-order valence-corrected chi connectivity index (χ4v) is 5.18. The van der Waals surface area contributed by atoms with Gasteiger partial charge in [0.05, 0.1) is 5.02 Å². The summed E-state index contributed by atoms with van der Waals surface area (Å²) < 4.78 is 6.24. The van der Waals surface area contributed by atoms with Gasteiger partial charge in [-0.15, -0.1) is 0 Å². The molecule has 0 aromatic heterocycles. The second kappa shape index (κ2) is 11.8. The predicted octanol–water partition coefficient (Wildman–Crippen LogP) is 6.62. The highest BCUT2D eigenvalue weighted by Crippen LogP contribution is 2.41. The molecule has 0 aliphatic heterocycles. The second-order valence-corrected chi connectivity index (χ2v) is 10.1. The molecule has 0 amide bonds. The van der Waals surface area contributed by atoms with Gasteiger partial charge in [0.1, 0.15) is 30.6 Å². The molecular formula is C32H30ClNO6. The highest BCUT2D eigenvalue weighted by molar-refractivity contribution is 6.35. The summed E-state index contributed by atoms with van der Waals surface area (Å²) in [6.07, 6.45) is 3.00. The first kappa shape index (κ1) is 28.6. The Hall–Kier alpha value is -4.36. The van der Waals surface area contributed by atoms with Crippen molar-refractivity contribution in [3.05, 3.63) is 122 Å². The summed E-state index contributed by atoms with van der Waals surface area (Å²) in [5, 5.41) is 24.8. The summed E-state index contributed by atoms with van der Waals surface area (Å²) in [4.78, 5) is 29.7. The van der Waals surface area contributed by atoms with E-state index in [1.807, 2.05) is 56.3 Å². The lowest BCUT2D eigenvalue weighted by atomic mass is 9.69. The molecule has 0 radical (unpaired) electrons. The molecule has 3 aromatic rings. The van der Waals surface area contributed by atoms with E-state index in [1.165, 1.54) is 7.11 Å². The van der Waals surface area contributed by atoms with E-state index in [1.54, 1.807) is 37.3 Å². The van der Waals surface area contributed by atoms with Crippen LogP contribution in [0.15, 0.2) is 89.1 Å². The highest BCUT2D eigenvalue weighted by Gasteiger charge is 2.43. The third-order valence-electron chi connectivity index (χ3n) is 7.21. The molecule has 0 heterocycles. The van der Waals surface area contributed by atoms with Gasteiger partial charge in [-0.2, -0.15) is 0 Å². The SMILES string of the molecule is CON=C(c1ccc(OCc2c(C)cccc2C2(C(=O)O)C=CC(C)=C(C(=O)O)C2)c(C)c1)c1ccccc1Cl. The van der Waals surface area contributed by atoms with Crippen LogP contribution >= 0.6 is 11.6 Å². The summed E-state index contributed by atoms with van der Waals surface area (Å²) in [7, 11) is 1.48. The minimum absolute atomic E-state index is 0.0803. The quantitative estimate of drug-likeness (QED) is 0.225. The molecule has 1 unspecified atom stereocenters. The number of oxime groups is 1. The highest BCUT2D eigenvalue weighted by atomic mass is 35.5. The van der Waals surface area contributed by atoms with Gasteiger partial charge in [-0.1, -0.05) is 65.3 Å². The number of aliphatic carboxylic acids is 2. The minimum Gasteiger partial charge on any atom is -0.489 e. The molecule has 0 saturated heterocycles. The number of halogens is 1. The molecule has 2 N–H and O–H groups in total. The van der Waals surface area contributed by atoms with Crippen molar-refractivity contribution in [1.29, 1.82) is 0 Å². The number of carboxylic acid groups (broad SMARTS) is 2. The van der Waals surface area contributed by atoms with E-state index in [2.05, 4.69) is 5.16 Å².